The summed E-state index contributed by atoms with van der Waals surface area (Å²) in [6.07, 6.45) is 1.75. The van der Waals surface area contributed by atoms with Crippen molar-refractivity contribution in [2.45, 2.75) is 19.8 Å². The lowest BCUT2D eigenvalue weighted by Gasteiger charge is -2.31. The average Bonchev–Trinajstić information content (AvgIpc) is 2.54. The number of ether oxygens (including phenoxy) is 1. The number of nitrogens with zero attached hydrogens (tertiary/aromatic N) is 1. The van der Waals surface area contributed by atoms with E-state index in [0.717, 1.165) is 11.1 Å². The maximum absolute atomic E-state index is 13.1. The van der Waals surface area contributed by atoms with Crippen LogP contribution in [0.4, 0.5) is 9.18 Å². The van der Waals surface area contributed by atoms with Crippen LogP contribution in [0.1, 0.15) is 25.3 Å². The fourth-order valence-corrected chi connectivity index (χ4v) is 2.77. The molecule has 124 valence electrons. The predicted octanol–water partition coefficient (Wildman–Crippen LogP) is 3.16. The summed E-state index contributed by atoms with van der Waals surface area (Å²) in [5, 5.41) is 9.02. The van der Waals surface area contributed by atoms with Gasteiger partial charge in [-0.05, 0) is 49.0 Å². The first-order valence-electron chi connectivity index (χ1n) is 7.63. The maximum atomic E-state index is 13.1. The fourth-order valence-electron chi connectivity index (χ4n) is 2.77. The van der Waals surface area contributed by atoms with Crippen molar-refractivity contribution < 1.29 is 23.8 Å². The summed E-state index contributed by atoms with van der Waals surface area (Å²) < 4.78 is 18.1. The molecular weight excluding hydrogens is 301 g/mol. The molecule has 1 N–H and O–H groups in total. The number of hydrogen-bond acceptors (Lipinski definition) is 3. The lowest BCUT2D eigenvalue weighted by Crippen LogP contribution is -2.37. The zero-order valence-electron chi connectivity index (χ0n) is 13.0. The number of allylic oxidation sites excluding steroid dienone is 1. The Labute approximate surface area is 134 Å². The minimum Gasteiger partial charge on any atom is -0.465 e. The van der Waals surface area contributed by atoms with Gasteiger partial charge in [-0.3, -0.25) is 0 Å². The Balaban J connectivity index is 2.22. The summed E-state index contributed by atoms with van der Waals surface area (Å²) in [7, 11) is 0. The molecule has 1 aromatic rings. The SMILES string of the molecule is CCOC(=O)/C=C(/c1ccc(F)cc1)C1CCN(C(=O)O)CC1. The number of carbonyl (C=O) groups is 2. The first kappa shape index (κ1) is 17.0. The number of carbonyl (C=O) groups excluding carboxylic acids is 1. The van der Waals surface area contributed by atoms with Gasteiger partial charge in [-0.2, -0.15) is 0 Å². The van der Waals surface area contributed by atoms with Crippen LogP contribution in [0.5, 0.6) is 0 Å². The molecule has 1 amide bonds. The minimum absolute atomic E-state index is 0.0421. The Morgan fingerprint density at radius 1 is 1.30 bits per heavy atom. The number of piperidine rings is 1. The third kappa shape index (κ3) is 4.55. The van der Waals surface area contributed by atoms with E-state index in [1.807, 2.05) is 0 Å². The van der Waals surface area contributed by atoms with Crippen molar-refractivity contribution in [1.29, 1.82) is 0 Å². The van der Waals surface area contributed by atoms with Crippen LogP contribution >= 0.6 is 0 Å². The van der Waals surface area contributed by atoms with Gasteiger partial charge in [0.1, 0.15) is 5.82 Å². The van der Waals surface area contributed by atoms with Crippen molar-refractivity contribution in [1.82, 2.24) is 4.90 Å². The third-order valence-corrected chi connectivity index (χ3v) is 3.94. The van der Waals surface area contributed by atoms with E-state index in [1.54, 1.807) is 19.1 Å². The van der Waals surface area contributed by atoms with Gasteiger partial charge in [0, 0.05) is 19.2 Å². The van der Waals surface area contributed by atoms with Crippen LogP contribution < -0.4 is 0 Å². The first-order chi connectivity index (χ1) is 11.0. The molecule has 5 nitrogen and oxygen atoms in total. The molecular formula is C17H20FNO4. The molecule has 23 heavy (non-hydrogen) atoms. The number of carboxylic acid groups (broad SMARTS) is 1. The Hall–Kier alpha value is -2.37. The zero-order chi connectivity index (χ0) is 16.8. The highest BCUT2D eigenvalue weighted by atomic mass is 19.1. The number of amides is 1. The molecule has 0 bridgehead atoms. The van der Waals surface area contributed by atoms with E-state index in [0.29, 0.717) is 25.9 Å². The minimum atomic E-state index is -0.929. The number of rotatable bonds is 4. The number of esters is 1. The molecule has 0 unspecified atom stereocenters. The van der Waals surface area contributed by atoms with Gasteiger partial charge in [0.05, 0.1) is 6.61 Å². The highest BCUT2D eigenvalue weighted by Crippen LogP contribution is 2.32. The molecule has 1 aliphatic rings. The predicted molar refractivity (Wildman–Crippen MR) is 83.3 cm³/mol. The summed E-state index contributed by atoms with van der Waals surface area (Å²) in [5.41, 5.74) is 1.53. The first-order valence-corrected chi connectivity index (χ1v) is 7.63. The molecule has 1 fully saturated rings. The van der Waals surface area contributed by atoms with E-state index < -0.39 is 12.1 Å². The van der Waals surface area contributed by atoms with Crippen molar-refractivity contribution >= 4 is 17.6 Å². The Morgan fingerprint density at radius 2 is 1.91 bits per heavy atom. The van der Waals surface area contributed by atoms with Gasteiger partial charge in [-0.25, -0.2) is 14.0 Å². The van der Waals surface area contributed by atoms with Crippen molar-refractivity contribution in [3.05, 3.63) is 41.7 Å². The van der Waals surface area contributed by atoms with E-state index in [9.17, 15) is 14.0 Å². The highest BCUT2D eigenvalue weighted by Gasteiger charge is 2.26. The van der Waals surface area contributed by atoms with Gasteiger partial charge in [-0.1, -0.05) is 12.1 Å². The van der Waals surface area contributed by atoms with Crippen LogP contribution in [0, 0.1) is 11.7 Å². The van der Waals surface area contributed by atoms with Crippen LogP contribution in [0.3, 0.4) is 0 Å². The van der Waals surface area contributed by atoms with E-state index in [4.69, 9.17) is 9.84 Å². The summed E-state index contributed by atoms with van der Waals surface area (Å²) in [4.78, 5) is 24.2. The molecule has 6 heteroatoms. The molecule has 0 aliphatic carbocycles. The lowest BCUT2D eigenvalue weighted by molar-refractivity contribution is -0.137. The van der Waals surface area contributed by atoms with E-state index >= 15 is 0 Å². The molecule has 1 aliphatic heterocycles. The Kier molecular flexibility index (Phi) is 5.73. The smallest absolute Gasteiger partial charge is 0.407 e. The van der Waals surface area contributed by atoms with E-state index in [1.165, 1.54) is 23.1 Å². The zero-order valence-corrected chi connectivity index (χ0v) is 13.0. The summed E-state index contributed by atoms with van der Waals surface area (Å²) in [6, 6.07) is 5.95. The molecule has 1 heterocycles. The number of likely N-dealkylation sites (tertiary alicyclic amines) is 1. The Bertz CT molecular complexity index is 589. The van der Waals surface area contributed by atoms with Gasteiger partial charge >= 0.3 is 12.1 Å². The van der Waals surface area contributed by atoms with Crippen molar-refractivity contribution in [3.63, 3.8) is 0 Å². The third-order valence-electron chi connectivity index (χ3n) is 3.94. The van der Waals surface area contributed by atoms with Crippen molar-refractivity contribution in [2.75, 3.05) is 19.7 Å². The second-order valence-electron chi connectivity index (χ2n) is 5.40. The van der Waals surface area contributed by atoms with Gasteiger partial charge in [0.2, 0.25) is 0 Å². The quantitative estimate of drug-likeness (QED) is 0.683. The summed E-state index contributed by atoms with van der Waals surface area (Å²) in [6.45, 7) is 2.85. The largest absolute Gasteiger partial charge is 0.465 e. The molecule has 1 saturated heterocycles. The van der Waals surface area contributed by atoms with Crippen LogP contribution in [0.15, 0.2) is 30.3 Å². The second kappa shape index (κ2) is 7.76. The number of halogens is 1. The Morgan fingerprint density at radius 3 is 2.43 bits per heavy atom. The topological polar surface area (TPSA) is 66.8 Å². The maximum Gasteiger partial charge on any atom is 0.407 e. The van der Waals surface area contributed by atoms with Gasteiger partial charge < -0.3 is 14.7 Å². The van der Waals surface area contributed by atoms with Crippen molar-refractivity contribution in [2.24, 2.45) is 5.92 Å². The lowest BCUT2D eigenvalue weighted by atomic mass is 9.85. The molecule has 2 rings (SSSR count). The molecule has 0 radical (unpaired) electrons. The molecule has 0 aromatic heterocycles. The summed E-state index contributed by atoms with van der Waals surface area (Å²) in [5.74, 6) is -0.738. The number of benzene rings is 1. The molecule has 0 atom stereocenters. The fraction of sp³-hybridized carbons (Fsp3) is 0.412. The monoisotopic (exact) mass is 321 g/mol. The van der Waals surface area contributed by atoms with Crippen LogP contribution in [-0.2, 0) is 9.53 Å². The molecule has 0 spiro atoms. The van der Waals surface area contributed by atoms with Crippen LogP contribution in [-0.4, -0.2) is 41.8 Å². The van der Waals surface area contributed by atoms with Crippen LogP contribution in [0.2, 0.25) is 0 Å². The molecule has 0 saturated carbocycles. The average molecular weight is 321 g/mol. The number of hydrogen-bond donors (Lipinski definition) is 1. The standard InChI is InChI=1S/C17H20FNO4/c1-2-23-16(20)11-15(12-3-5-14(18)6-4-12)13-7-9-19(10-8-13)17(21)22/h3-6,11,13H,2,7-10H2,1H3,(H,21,22)/b15-11-. The normalized spacial score (nSPS) is 16.3. The van der Waals surface area contributed by atoms with Gasteiger partial charge in [0.15, 0.2) is 0 Å². The molecule has 1 aromatic carbocycles. The second-order valence-corrected chi connectivity index (χ2v) is 5.40. The van der Waals surface area contributed by atoms with E-state index in [-0.39, 0.29) is 18.3 Å². The van der Waals surface area contributed by atoms with Crippen molar-refractivity contribution in [3.8, 4) is 0 Å². The highest BCUT2D eigenvalue weighted by molar-refractivity contribution is 5.92. The van der Waals surface area contributed by atoms with E-state index in [2.05, 4.69) is 0 Å². The summed E-state index contributed by atoms with van der Waals surface area (Å²) >= 11 is 0. The van der Waals surface area contributed by atoms with Gasteiger partial charge in [0.25, 0.3) is 0 Å². The van der Waals surface area contributed by atoms with Crippen LogP contribution in [0.25, 0.3) is 5.57 Å². The van der Waals surface area contributed by atoms with Gasteiger partial charge in [-0.15, -0.1) is 0 Å².